The molecule has 2 aromatic rings. The van der Waals surface area contributed by atoms with Gasteiger partial charge in [0.2, 0.25) is 0 Å². The van der Waals surface area contributed by atoms with Crippen LogP contribution in [0.25, 0.3) is 10.7 Å². The summed E-state index contributed by atoms with van der Waals surface area (Å²) in [6.45, 7) is 2.34. The third-order valence-electron chi connectivity index (χ3n) is 3.36. The van der Waals surface area contributed by atoms with Gasteiger partial charge in [-0.2, -0.15) is 0 Å². The summed E-state index contributed by atoms with van der Waals surface area (Å²) < 4.78 is 1.61. The molecule has 0 spiro atoms. The highest BCUT2D eigenvalue weighted by atomic mass is 32.1. The van der Waals surface area contributed by atoms with E-state index < -0.39 is 11.4 Å². The summed E-state index contributed by atoms with van der Waals surface area (Å²) in [5.74, 6) is -0.0955. The summed E-state index contributed by atoms with van der Waals surface area (Å²) in [6.07, 6.45) is 1.40. The van der Waals surface area contributed by atoms with Crippen molar-refractivity contribution in [1.29, 1.82) is 0 Å². The molecule has 2 aromatic heterocycles. The van der Waals surface area contributed by atoms with Crippen molar-refractivity contribution in [2.45, 2.75) is 26.3 Å². The Kier molecular flexibility index (Phi) is 2.44. The number of hydrogen-bond acceptors (Lipinski definition) is 5. The van der Waals surface area contributed by atoms with Gasteiger partial charge in [-0.15, -0.1) is 16.4 Å². The quantitative estimate of drug-likeness (QED) is 0.906. The van der Waals surface area contributed by atoms with Crippen LogP contribution >= 0.6 is 11.3 Å². The maximum atomic E-state index is 11.2. The average Bonchev–Trinajstić information content (AvgIpc) is 2.77. The predicted molar refractivity (Wildman–Crippen MR) is 65.2 cm³/mol. The molecule has 1 aliphatic rings. The van der Waals surface area contributed by atoms with Gasteiger partial charge in [0, 0.05) is 0 Å². The molecule has 0 atom stereocenters. The first-order valence-corrected chi connectivity index (χ1v) is 6.54. The minimum absolute atomic E-state index is 0.349. The van der Waals surface area contributed by atoms with Gasteiger partial charge in [-0.25, -0.2) is 4.68 Å². The van der Waals surface area contributed by atoms with Crippen molar-refractivity contribution in [2.24, 2.45) is 5.41 Å². The van der Waals surface area contributed by atoms with Crippen molar-refractivity contribution >= 4 is 17.3 Å². The molecule has 94 valence electrons. The van der Waals surface area contributed by atoms with Gasteiger partial charge in [0.15, 0.2) is 5.82 Å². The molecule has 0 amide bonds. The molecule has 18 heavy (non-hydrogen) atoms. The first kappa shape index (κ1) is 11.3. The Balaban J connectivity index is 1.94. The Morgan fingerprint density at radius 3 is 2.94 bits per heavy atom. The summed E-state index contributed by atoms with van der Waals surface area (Å²) in [5, 5.41) is 22.8. The molecule has 0 aliphatic heterocycles. The number of hydrogen-bond donors (Lipinski definition) is 1. The first-order chi connectivity index (χ1) is 8.62. The molecule has 0 radical (unpaired) electrons. The lowest BCUT2D eigenvalue weighted by atomic mass is 10.1. The Labute approximate surface area is 107 Å². The Bertz CT molecular complexity index is 600. The molecule has 1 saturated carbocycles. The van der Waals surface area contributed by atoms with Gasteiger partial charge in [0.25, 0.3) is 0 Å². The third kappa shape index (κ3) is 1.71. The van der Waals surface area contributed by atoms with Crippen LogP contribution in [0.5, 0.6) is 0 Å². The molecule has 0 aromatic carbocycles. The number of carboxylic acid groups (broad SMARTS) is 1. The fourth-order valence-corrected chi connectivity index (χ4v) is 2.87. The van der Waals surface area contributed by atoms with Gasteiger partial charge in [0.05, 0.1) is 16.8 Å². The van der Waals surface area contributed by atoms with E-state index in [-0.39, 0.29) is 0 Å². The fourth-order valence-electron chi connectivity index (χ4n) is 1.95. The van der Waals surface area contributed by atoms with E-state index in [4.69, 9.17) is 0 Å². The van der Waals surface area contributed by atoms with Crippen LogP contribution in [0.2, 0.25) is 0 Å². The standard InChI is InChI=1S/C11H12N4O2S/c1-7-2-5-18-8(7)9-12-13-14-15(9)6-11(3-4-11)10(16)17/h2,5H,3-4,6H2,1H3,(H,16,17). The minimum Gasteiger partial charge on any atom is -0.481 e. The Hall–Kier alpha value is -1.76. The van der Waals surface area contributed by atoms with Gasteiger partial charge >= 0.3 is 5.97 Å². The number of aliphatic carboxylic acids is 1. The monoisotopic (exact) mass is 264 g/mol. The molecule has 7 heteroatoms. The molecule has 1 fully saturated rings. The van der Waals surface area contributed by atoms with E-state index >= 15 is 0 Å². The van der Waals surface area contributed by atoms with Crippen molar-refractivity contribution in [2.75, 3.05) is 0 Å². The van der Waals surface area contributed by atoms with E-state index in [1.54, 1.807) is 16.0 Å². The van der Waals surface area contributed by atoms with E-state index in [1.165, 1.54) is 0 Å². The van der Waals surface area contributed by atoms with E-state index in [0.717, 1.165) is 10.4 Å². The van der Waals surface area contributed by atoms with Gasteiger partial charge in [-0.05, 0) is 47.2 Å². The lowest BCUT2D eigenvalue weighted by Gasteiger charge is -2.10. The lowest BCUT2D eigenvalue weighted by molar-refractivity contribution is -0.144. The van der Waals surface area contributed by atoms with Crippen LogP contribution in [0.3, 0.4) is 0 Å². The second kappa shape index (κ2) is 3.88. The number of aromatic nitrogens is 4. The van der Waals surface area contributed by atoms with Crippen molar-refractivity contribution in [3.05, 3.63) is 17.0 Å². The molecular formula is C11H12N4O2S. The van der Waals surface area contributed by atoms with Crippen LogP contribution in [-0.2, 0) is 11.3 Å². The first-order valence-electron chi connectivity index (χ1n) is 5.66. The Morgan fingerprint density at radius 2 is 2.39 bits per heavy atom. The Morgan fingerprint density at radius 1 is 1.61 bits per heavy atom. The zero-order chi connectivity index (χ0) is 12.8. The van der Waals surface area contributed by atoms with E-state index in [0.29, 0.717) is 25.2 Å². The summed E-state index contributed by atoms with van der Waals surface area (Å²) in [7, 11) is 0. The largest absolute Gasteiger partial charge is 0.481 e. The highest BCUT2D eigenvalue weighted by molar-refractivity contribution is 7.13. The molecule has 6 nitrogen and oxygen atoms in total. The van der Waals surface area contributed by atoms with Crippen LogP contribution in [0.1, 0.15) is 18.4 Å². The SMILES string of the molecule is Cc1ccsc1-c1nnnn1CC1(C(=O)O)CC1. The van der Waals surface area contributed by atoms with E-state index in [2.05, 4.69) is 15.5 Å². The summed E-state index contributed by atoms with van der Waals surface area (Å²) >= 11 is 1.57. The summed E-state index contributed by atoms with van der Waals surface area (Å²) in [5.41, 5.74) is 0.450. The van der Waals surface area contributed by atoms with Crippen molar-refractivity contribution in [3.8, 4) is 10.7 Å². The third-order valence-corrected chi connectivity index (χ3v) is 4.37. The smallest absolute Gasteiger partial charge is 0.311 e. The van der Waals surface area contributed by atoms with Gasteiger partial charge in [-0.1, -0.05) is 0 Å². The molecule has 0 bridgehead atoms. The van der Waals surface area contributed by atoms with E-state index in [1.807, 2.05) is 18.4 Å². The molecule has 0 saturated heterocycles. The highest BCUT2D eigenvalue weighted by Crippen LogP contribution is 2.47. The number of carbonyl (C=O) groups is 1. The molecule has 3 rings (SSSR count). The van der Waals surface area contributed by atoms with Gasteiger partial charge < -0.3 is 5.11 Å². The number of rotatable bonds is 4. The molecule has 1 N–H and O–H groups in total. The van der Waals surface area contributed by atoms with Crippen LogP contribution in [0, 0.1) is 12.3 Å². The van der Waals surface area contributed by atoms with Crippen molar-refractivity contribution in [3.63, 3.8) is 0 Å². The summed E-state index contributed by atoms with van der Waals surface area (Å²) in [4.78, 5) is 12.2. The zero-order valence-electron chi connectivity index (χ0n) is 9.83. The number of aryl methyl sites for hydroxylation is 1. The number of carboxylic acids is 1. The average molecular weight is 264 g/mol. The summed E-state index contributed by atoms with van der Waals surface area (Å²) in [6, 6.07) is 2.00. The molecule has 0 unspecified atom stereocenters. The van der Waals surface area contributed by atoms with Gasteiger partial charge in [-0.3, -0.25) is 4.79 Å². The van der Waals surface area contributed by atoms with Crippen LogP contribution in [0.15, 0.2) is 11.4 Å². The number of tetrazole rings is 1. The zero-order valence-corrected chi connectivity index (χ0v) is 10.6. The predicted octanol–water partition coefficient (Wildman–Crippen LogP) is 1.57. The lowest BCUT2D eigenvalue weighted by Crippen LogP contribution is -2.22. The molecular weight excluding hydrogens is 252 g/mol. The van der Waals surface area contributed by atoms with Crippen molar-refractivity contribution < 1.29 is 9.90 Å². The normalized spacial score (nSPS) is 16.7. The minimum atomic E-state index is -0.758. The maximum Gasteiger partial charge on any atom is 0.311 e. The molecule has 1 aliphatic carbocycles. The van der Waals surface area contributed by atoms with Crippen LogP contribution < -0.4 is 0 Å². The molecule has 2 heterocycles. The van der Waals surface area contributed by atoms with Crippen LogP contribution in [-0.4, -0.2) is 31.3 Å². The second-order valence-corrected chi connectivity index (χ2v) is 5.59. The highest BCUT2D eigenvalue weighted by Gasteiger charge is 2.51. The maximum absolute atomic E-state index is 11.2. The number of thiophene rings is 1. The van der Waals surface area contributed by atoms with Crippen molar-refractivity contribution in [1.82, 2.24) is 20.2 Å². The topological polar surface area (TPSA) is 80.9 Å². The van der Waals surface area contributed by atoms with E-state index in [9.17, 15) is 9.90 Å². The fraction of sp³-hybridized carbons (Fsp3) is 0.455. The second-order valence-electron chi connectivity index (χ2n) is 4.68. The number of nitrogens with zero attached hydrogens (tertiary/aromatic N) is 4. The van der Waals surface area contributed by atoms with Gasteiger partial charge in [0.1, 0.15) is 0 Å². The van der Waals surface area contributed by atoms with Crippen LogP contribution in [0.4, 0.5) is 0 Å².